The first kappa shape index (κ1) is 22.4. The Hall–Kier alpha value is -2.84. The lowest BCUT2D eigenvalue weighted by molar-refractivity contribution is -0.0504. The minimum Gasteiger partial charge on any atom is -0.399 e. The number of hydrogen-bond donors (Lipinski definition) is 7. The molecular weight excluding hydrogens is 445 g/mol. The molecule has 15 heteroatoms. The summed E-state index contributed by atoms with van der Waals surface area (Å²) in [6.45, 7) is -0.298. The molecule has 14 nitrogen and oxygen atoms in total. The molecule has 1 fully saturated rings. The molecule has 4 atom stereocenters. The lowest BCUT2D eigenvalue weighted by atomic mass is 10.1. The summed E-state index contributed by atoms with van der Waals surface area (Å²) >= 11 is 0. The lowest BCUT2D eigenvalue weighted by Crippen LogP contribution is -2.33. The number of aromatic nitrogens is 4. The van der Waals surface area contributed by atoms with Gasteiger partial charge in [0, 0.05) is 17.9 Å². The van der Waals surface area contributed by atoms with Crippen LogP contribution in [0.2, 0.25) is 0 Å². The minimum atomic E-state index is -4.77. The third-order valence-corrected chi connectivity index (χ3v) is 5.48. The number of nitrogens with two attached hydrogens (primary N) is 2. The van der Waals surface area contributed by atoms with E-state index in [1.165, 1.54) is 17.2 Å². The van der Waals surface area contributed by atoms with Gasteiger partial charge in [-0.3, -0.25) is 9.09 Å². The van der Waals surface area contributed by atoms with Gasteiger partial charge in [-0.25, -0.2) is 19.5 Å². The Kier molecular flexibility index (Phi) is 6.01. The van der Waals surface area contributed by atoms with Crippen LogP contribution in [0.4, 0.5) is 17.2 Å². The number of anilines is 3. The SMILES string of the molecule is Nc1ccc(N)c(CNc2ncnc3c2ncn3[C@@H]2O[C@H](COP(=O)(O)O)[C@@H](O)[C@H]2O)c1. The van der Waals surface area contributed by atoms with Crippen molar-refractivity contribution in [2.45, 2.75) is 31.1 Å². The highest BCUT2D eigenvalue weighted by atomic mass is 31.2. The van der Waals surface area contributed by atoms with Gasteiger partial charge in [-0.05, 0) is 23.8 Å². The molecule has 0 unspecified atom stereocenters. The monoisotopic (exact) mass is 467 g/mol. The van der Waals surface area contributed by atoms with Crippen molar-refractivity contribution >= 4 is 36.2 Å². The third kappa shape index (κ3) is 4.52. The van der Waals surface area contributed by atoms with Gasteiger partial charge in [0.25, 0.3) is 0 Å². The van der Waals surface area contributed by atoms with Crippen molar-refractivity contribution in [3.8, 4) is 0 Å². The van der Waals surface area contributed by atoms with E-state index in [0.717, 1.165) is 5.56 Å². The fourth-order valence-electron chi connectivity index (χ4n) is 3.39. The standard InChI is InChI=1S/C17H22N7O7P/c18-9-1-2-10(19)8(3-9)4-20-15-12-16(22-6-21-15)24(7-23-12)17-14(26)13(25)11(31-17)5-30-32(27,28)29/h1-3,6-7,11,13-14,17,25-26H,4-5,18-19H2,(H,20,21,22)(H2,27,28,29)/t11-,13-,14-,17-/m1/s1. The minimum absolute atomic E-state index is 0.302. The van der Waals surface area contributed by atoms with Gasteiger partial charge in [0.2, 0.25) is 0 Å². The molecule has 1 aromatic carbocycles. The Morgan fingerprint density at radius 2 is 1.97 bits per heavy atom. The summed E-state index contributed by atoms with van der Waals surface area (Å²) < 4.78 is 22.3. The maximum Gasteiger partial charge on any atom is 0.469 e. The fraction of sp³-hybridized carbons (Fsp3) is 0.353. The second-order valence-electron chi connectivity index (χ2n) is 7.19. The zero-order valence-corrected chi connectivity index (χ0v) is 17.4. The highest BCUT2D eigenvalue weighted by Gasteiger charge is 2.45. The highest BCUT2D eigenvalue weighted by molar-refractivity contribution is 7.46. The van der Waals surface area contributed by atoms with Crippen LogP contribution in [0.25, 0.3) is 11.2 Å². The number of fused-ring (bicyclic) bond motifs is 1. The average molecular weight is 467 g/mol. The van der Waals surface area contributed by atoms with E-state index in [1.54, 1.807) is 18.2 Å². The Balaban J connectivity index is 1.55. The average Bonchev–Trinajstić information content (AvgIpc) is 3.28. The first-order chi connectivity index (χ1) is 15.1. The smallest absolute Gasteiger partial charge is 0.399 e. The molecule has 4 rings (SSSR count). The van der Waals surface area contributed by atoms with Crippen LogP contribution in [0, 0.1) is 0 Å². The second kappa shape index (κ2) is 8.60. The predicted molar refractivity (Wildman–Crippen MR) is 112 cm³/mol. The quantitative estimate of drug-likeness (QED) is 0.169. The van der Waals surface area contributed by atoms with Crippen molar-refractivity contribution < 1.29 is 33.8 Å². The van der Waals surface area contributed by atoms with E-state index in [2.05, 4.69) is 24.8 Å². The Bertz CT molecular complexity index is 1170. The number of phosphoric ester groups is 1. The molecule has 0 amide bonds. The summed E-state index contributed by atoms with van der Waals surface area (Å²) in [6.07, 6.45) is -2.52. The second-order valence-corrected chi connectivity index (χ2v) is 8.43. The maximum atomic E-state index is 10.9. The number of aliphatic hydroxyl groups excluding tert-OH is 2. The third-order valence-electron chi connectivity index (χ3n) is 4.99. The van der Waals surface area contributed by atoms with E-state index in [0.29, 0.717) is 34.9 Å². The van der Waals surface area contributed by atoms with E-state index in [9.17, 15) is 14.8 Å². The Labute approximate surface area is 181 Å². The number of rotatable bonds is 7. The van der Waals surface area contributed by atoms with E-state index in [1.807, 2.05) is 0 Å². The van der Waals surface area contributed by atoms with E-state index >= 15 is 0 Å². The van der Waals surface area contributed by atoms with Gasteiger partial charge in [-0.15, -0.1) is 0 Å². The number of ether oxygens (including phenoxy) is 1. The zero-order chi connectivity index (χ0) is 23.0. The van der Waals surface area contributed by atoms with Gasteiger partial charge in [-0.2, -0.15) is 0 Å². The van der Waals surface area contributed by atoms with Crippen LogP contribution in [0.5, 0.6) is 0 Å². The first-order valence-electron chi connectivity index (χ1n) is 9.41. The molecule has 3 heterocycles. The van der Waals surface area contributed by atoms with E-state index in [-0.39, 0.29) is 0 Å². The van der Waals surface area contributed by atoms with Crippen LogP contribution < -0.4 is 16.8 Å². The van der Waals surface area contributed by atoms with Gasteiger partial charge in [0.15, 0.2) is 23.2 Å². The summed E-state index contributed by atoms with van der Waals surface area (Å²) in [5.41, 5.74) is 14.3. The molecule has 0 aliphatic carbocycles. The van der Waals surface area contributed by atoms with Crippen LogP contribution in [-0.2, 0) is 20.4 Å². The molecule has 0 radical (unpaired) electrons. The van der Waals surface area contributed by atoms with Gasteiger partial charge in [-0.1, -0.05) is 0 Å². The molecule has 1 aliphatic heterocycles. The molecule has 0 saturated carbocycles. The summed E-state index contributed by atoms with van der Waals surface area (Å²) in [7, 11) is -4.77. The predicted octanol–water partition coefficient (Wildman–Crippen LogP) is -0.669. The van der Waals surface area contributed by atoms with Gasteiger partial charge in [0.1, 0.15) is 24.6 Å². The highest BCUT2D eigenvalue weighted by Crippen LogP contribution is 2.39. The number of imidazole rings is 1. The summed E-state index contributed by atoms with van der Waals surface area (Å²) in [5, 5.41) is 23.7. The van der Waals surface area contributed by atoms with Crippen LogP contribution in [0.3, 0.4) is 0 Å². The van der Waals surface area contributed by atoms with Gasteiger partial charge < -0.3 is 41.5 Å². The van der Waals surface area contributed by atoms with E-state index < -0.39 is 39.0 Å². The van der Waals surface area contributed by atoms with Crippen molar-refractivity contribution in [1.82, 2.24) is 19.5 Å². The molecule has 1 aliphatic rings. The molecule has 2 aromatic heterocycles. The number of phosphoric acid groups is 1. The van der Waals surface area contributed by atoms with Crippen LogP contribution >= 0.6 is 7.82 Å². The van der Waals surface area contributed by atoms with Crippen LogP contribution in [-0.4, -0.2) is 64.4 Å². The van der Waals surface area contributed by atoms with Crippen molar-refractivity contribution in [1.29, 1.82) is 0 Å². The molecule has 0 bridgehead atoms. The number of nitrogens with zero attached hydrogens (tertiary/aromatic N) is 4. The first-order valence-corrected chi connectivity index (χ1v) is 10.9. The zero-order valence-electron chi connectivity index (χ0n) is 16.5. The molecule has 1 saturated heterocycles. The summed E-state index contributed by atoms with van der Waals surface area (Å²) in [6, 6.07) is 5.14. The number of hydrogen-bond acceptors (Lipinski definition) is 11. The molecule has 0 spiro atoms. The molecule has 32 heavy (non-hydrogen) atoms. The fourth-order valence-corrected chi connectivity index (χ4v) is 3.73. The summed E-state index contributed by atoms with van der Waals surface area (Å²) in [4.78, 5) is 30.3. The molecule has 9 N–H and O–H groups in total. The number of aliphatic hydroxyl groups is 2. The van der Waals surface area contributed by atoms with Crippen molar-refractivity contribution in [3.63, 3.8) is 0 Å². The van der Waals surface area contributed by atoms with Crippen molar-refractivity contribution in [2.24, 2.45) is 0 Å². The lowest BCUT2D eigenvalue weighted by Gasteiger charge is -2.16. The van der Waals surface area contributed by atoms with Crippen molar-refractivity contribution in [2.75, 3.05) is 23.4 Å². The Morgan fingerprint density at radius 3 is 2.72 bits per heavy atom. The normalized spacial score (nSPS) is 23.6. The van der Waals surface area contributed by atoms with Gasteiger partial charge >= 0.3 is 7.82 Å². The molecule has 172 valence electrons. The molecule has 3 aromatic rings. The van der Waals surface area contributed by atoms with Crippen LogP contribution in [0.1, 0.15) is 11.8 Å². The van der Waals surface area contributed by atoms with E-state index in [4.69, 9.17) is 26.0 Å². The maximum absolute atomic E-state index is 10.9. The number of benzene rings is 1. The number of nitrogens with one attached hydrogen (secondary N) is 1. The summed E-state index contributed by atoms with van der Waals surface area (Å²) in [5.74, 6) is 0.394. The van der Waals surface area contributed by atoms with Crippen LogP contribution in [0.15, 0.2) is 30.9 Å². The largest absolute Gasteiger partial charge is 0.469 e. The van der Waals surface area contributed by atoms with Crippen molar-refractivity contribution in [3.05, 3.63) is 36.4 Å². The van der Waals surface area contributed by atoms with Gasteiger partial charge in [0.05, 0.1) is 12.9 Å². The molecular formula is C17H22N7O7P. The Morgan fingerprint density at radius 1 is 1.19 bits per heavy atom. The number of nitrogen functional groups attached to an aromatic ring is 2. The topological polar surface area (TPSA) is 224 Å².